The van der Waals surface area contributed by atoms with Gasteiger partial charge in [-0.1, -0.05) is 6.92 Å². The Bertz CT molecular complexity index is 831. The van der Waals surface area contributed by atoms with Gasteiger partial charge in [0, 0.05) is 30.1 Å². The van der Waals surface area contributed by atoms with Crippen LogP contribution in [0.4, 0.5) is 4.39 Å². The third-order valence-electron chi connectivity index (χ3n) is 5.06. The number of rotatable bonds is 7. The molecule has 1 aromatic heterocycles. The maximum atomic E-state index is 13.1. The van der Waals surface area contributed by atoms with Gasteiger partial charge in [0.25, 0.3) is 0 Å². The largest absolute Gasteiger partial charge is 0.355 e. The molecule has 3 rings (SSSR count). The second kappa shape index (κ2) is 7.90. The molecule has 2 aromatic rings. The third-order valence-corrected chi connectivity index (χ3v) is 5.06. The molecule has 2 N–H and O–H groups in total. The highest BCUT2D eigenvalue weighted by molar-refractivity contribution is 5.82. The lowest BCUT2D eigenvalue weighted by Gasteiger charge is -2.14. The van der Waals surface area contributed by atoms with E-state index in [1.54, 1.807) is 23.0 Å². The predicted molar refractivity (Wildman–Crippen MR) is 99.7 cm³/mol. The summed E-state index contributed by atoms with van der Waals surface area (Å²) in [6, 6.07) is 5.87. The standard InChI is InChI=1S/C20H25FN4O2/c1-12-10-17(12)20(27)22-9-8-19(26)24-13(2)18-11-23-25(14(18)3)16-6-4-15(21)5-7-16/h4-7,11-13,17H,8-10H2,1-3H3,(H,22,27)(H,24,26). The molecule has 2 amide bonds. The minimum absolute atomic E-state index is 0.0415. The Morgan fingerprint density at radius 3 is 2.63 bits per heavy atom. The normalized spacial score (nSPS) is 19.4. The van der Waals surface area contributed by atoms with E-state index < -0.39 is 0 Å². The van der Waals surface area contributed by atoms with Crippen molar-refractivity contribution in [3.05, 3.63) is 47.5 Å². The van der Waals surface area contributed by atoms with Crippen LogP contribution in [0, 0.1) is 24.6 Å². The van der Waals surface area contributed by atoms with Crippen molar-refractivity contribution in [2.45, 2.75) is 39.7 Å². The van der Waals surface area contributed by atoms with Crippen molar-refractivity contribution in [1.82, 2.24) is 20.4 Å². The maximum absolute atomic E-state index is 13.1. The molecule has 1 aliphatic carbocycles. The van der Waals surface area contributed by atoms with E-state index in [9.17, 15) is 14.0 Å². The van der Waals surface area contributed by atoms with E-state index in [2.05, 4.69) is 15.7 Å². The fourth-order valence-electron chi connectivity index (χ4n) is 3.20. The van der Waals surface area contributed by atoms with E-state index in [0.29, 0.717) is 12.5 Å². The lowest BCUT2D eigenvalue weighted by molar-refractivity contribution is -0.123. The van der Waals surface area contributed by atoms with Crippen LogP contribution in [0.5, 0.6) is 0 Å². The van der Waals surface area contributed by atoms with Crippen molar-refractivity contribution < 1.29 is 14.0 Å². The highest BCUT2D eigenvalue weighted by Gasteiger charge is 2.38. The number of aromatic nitrogens is 2. The van der Waals surface area contributed by atoms with Crippen LogP contribution in [0.1, 0.15) is 44.0 Å². The summed E-state index contributed by atoms with van der Waals surface area (Å²) in [6.45, 7) is 6.19. The van der Waals surface area contributed by atoms with Gasteiger partial charge in [-0.05, 0) is 50.5 Å². The lowest BCUT2D eigenvalue weighted by atomic mass is 10.1. The molecule has 0 aliphatic heterocycles. The van der Waals surface area contributed by atoms with Gasteiger partial charge in [0.2, 0.25) is 11.8 Å². The highest BCUT2D eigenvalue weighted by Crippen LogP contribution is 2.37. The summed E-state index contributed by atoms with van der Waals surface area (Å²) in [6.07, 6.45) is 2.88. The van der Waals surface area contributed by atoms with Gasteiger partial charge in [0.1, 0.15) is 5.82 Å². The summed E-state index contributed by atoms with van der Waals surface area (Å²) >= 11 is 0. The maximum Gasteiger partial charge on any atom is 0.223 e. The molecule has 1 fully saturated rings. The Morgan fingerprint density at radius 1 is 1.33 bits per heavy atom. The van der Waals surface area contributed by atoms with E-state index in [0.717, 1.165) is 23.4 Å². The van der Waals surface area contributed by atoms with Gasteiger partial charge in [0.15, 0.2) is 0 Å². The van der Waals surface area contributed by atoms with Gasteiger partial charge in [-0.25, -0.2) is 9.07 Å². The Kier molecular flexibility index (Phi) is 5.58. The quantitative estimate of drug-likeness (QED) is 0.785. The van der Waals surface area contributed by atoms with Gasteiger partial charge in [0.05, 0.1) is 17.9 Å². The average molecular weight is 372 g/mol. The average Bonchev–Trinajstić information content (AvgIpc) is 3.23. The molecule has 0 saturated heterocycles. The first-order valence-electron chi connectivity index (χ1n) is 9.24. The van der Waals surface area contributed by atoms with Gasteiger partial charge < -0.3 is 10.6 Å². The number of carbonyl (C=O) groups is 2. The third kappa shape index (κ3) is 4.53. The monoisotopic (exact) mass is 372 g/mol. The number of nitrogens with one attached hydrogen (secondary N) is 2. The summed E-state index contributed by atoms with van der Waals surface area (Å²) in [5.74, 6) is 0.194. The Labute approximate surface area is 158 Å². The summed E-state index contributed by atoms with van der Waals surface area (Å²) < 4.78 is 14.8. The molecule has 1 saturated carbocycles. The number of hydrogen-bond donors (Lipinski definition) is 2. The molecule has 144 valence electrons. The summed E-state index contributed by atoms with van der Waals surface area (Å²) in [4.78, 5) is 23.9. The second-order valence-corrected chi connectivity index (χ2v) is 7.22. The lowest BCUT2D eigenvalue weighted by Crippen LogP contribution is -2.33. The van der Waals surface area contributed by atoms with Crippen molar-refractivity contribution in [3.8, 4) is 5.69 Å². The van der Waals surface area contributed by atoms with Crippen molar-refractivity contribution in [2.24, 2.45) is 11.8 Å². The Hall–Kier alpha value is -2.70. The van der Waals surface area contributed by atoms with Crippen LogP contribution in [0.15, 0.2) is 30.5 Å². The zero-order chi connectivity index (χ0) is 19.6. The first-order chi connectivity index (χ1) is 12.9. The number of halogens is 1. The van der Waals surface area contributed by atoms with E-state index in [4.69, 9.17) is 0 Å². The molecule has 6 nitrogen and oxygen atoms in total. The first kappa shape index (κ1) is 19.1. The Morgan fingerprint density at radius 2 is 2.00 bits per heavy atom. The van der Waals surface area contributed by atoms with Crippen LogP contribution in [0.2, 0.25) is 0 Å². The van der Waals surface area contributed by atoms with E-state index in [1.807, 2.05) is 20.8 Å². The van der Waals surface area contributed by atoms with Crippen molar-refractivity contribution in [2.75, 3.05) is 6.54 Å². The molecule has 0 radical (unpaired) electrons. The fourth-order valence-corrected chi connectivity index (χ4v) is 3.20. The minimum atomic E-state index is -0.298. The smallest absolute Gasteiger partial charge is 0.223 e. The molecule has 0 spiro atoms. The van der Waals surface area contributed by atoms with E-state index >= 15 is 0 Å². The molecule has 3 unspecified atom stereocenters. The van der Waals surface area contributed by atoms with Gasteiger partial charge in [-0.15, -0.1) is 0 Å². The molecule has 3 atom stereocenters. The molecule has 7 heteroatoms. The zero-order valence-corrected chi connectivity index (χ0v) is 15.8. The Balaban J connectivity index is 1.53. The SMILES string of the molecule is Cc1c(C(C)NC(=O)CCNC(=O)C2CC2C)cnn1-c1ccc(F)cc1. The zero-order valence-electron chi connectivity index (χ0n) is 15.8. The first-order valence-corrected chi connectivity index (χ1v) is 9.24. The van der Waals surface area contributed by atoms with Crippen LogP contribution >= 0.6 is 0 Å². The number of amides is 2. The predicted octanol–water partition coefficient (Wildman–Crippen LogP) is 2.66. The van der Waals surface area contributed by atoms with Crippen LogP contribution in [0.3, 0.4) is 0 Å². The molecule has 0 bridgehead atoms. The fraction of sp³-hybridized carbons (Fsp3) is 0.450. The number of benzene rings is 1. The van der Waals surface area contributed by atoms with Gasteiger partial charge >= 0.3 is 0 Å². The summed E-state index contributed by atoms with van der Waals surface area (Å²) in [7, 11) is 0. The number of nitrogens with zero attached hydrogens (tertiary/aromatic N) is 2. The van der Waals surface area contributed by atoms with Crippen LogP contribution in [-0.2, 0) is 9.59 Å². The number of carbonyl (C=O) groups excluding carboxylic acids is 2. The summed E-state index contributed by atoms with van der Waals surface area (Å²) in [5, 5.41) is 10.1. The summed E-state index contributed by atoms with van der Waals surface area (Å²) in [5.41, 5.74) is 2.53. The van der Waals surface area contributed by atoms with Crippen LogP contribution in [0.25, 0.3) is 5.69 Å². The van der Waals surface area contributed by atoms with Crippen LogP contribution in [-0.4, -0.2) is 28.1 Å². The van der Waals surface area contributed by atoms with Gasteiger partial charge in [-0.2, -0.15) is 5.10 Å². The topological polar surface area (TPSA) is 76.0 Å². The molecule has 1 aliphatic rings. The van der Waals surface area contributed by atoms with E-state index in [1.165, 1.54) is 12.1 Å². The molecule has 27 heavy (non-hydrogen) atoms. The van der Waals surface area contributed by atoms with Crippen molar-refractivity contribution >= 4 is 11.8 Å². The molecular weight excluding hydrogens is 347 g/mol. The van der Waals surface area contributed by atoms with Crippen LogP contribution < -0.4 is 10.6 Å². The second-order valence-electron chi connectivity index (χ2n) is 7.22. The van der Waals surface area contributed by atoms with Crippen molar-refractivity contribution in [1.29, 1.82) is 0 Å². The van der Waals surface area contributed by atoms with E-state index in [-0.39, 0.29) is 36.0 Å². The van der Waals surface area contributed by atoms with Crippen molar-refractivity contribution in [3.63, 3.8) is 0 Å². The number of hydrogen-bond acceptors (Lipinski definition) is 3. The minimum Gasteiger partial charge on any atom is -0.355 e. The molecular formula is C20H25FN4O2. The highest BCUT2D eigenvalue weighted by atomic mass is 19.1. The molecule has 1 aromatic carbocycles. The molecule has 1 heterocycles. The van der Waals surface area contributed by atoms with Gasteiger partial charge in [-0.3, -0.25) is 9.59 Å².